The molecule has 0 unspecified atom stereocenters. The zero-order valence-corrected chi connectivity index (χ0v) is 6.43. The van der Waals surface area contributed by atoms with Crippen LogP contribution < -0.4 is 0 Å². The van der Waals surface area contributed by atoms with Crippen LogP contribution in [-0.2, 0) is 0 Å². The molecule has 0 saturated heterocycles. The molecule has 1 nitrogen and oxygen atoms in total. The molecule has 0 aliphatic heterocycles. The topological polar surface area (TPSA) is 14.1 Å². The summed E-state index contributed by atoms with van der Waals surface area (Å²) >= 11 is -0.301. The number of halogens is 3. The second-order valence-corrected chi connectivity index (χ2v) is 2.65. The molecule has 0 spiro atoms. The van der Waals surface area contributed by atoms with Crippen LogP contribution in [0.2, 0.25) is 0 Å². The molecule has 0 amide bonds. The summed E-state index contributed by atoms with van der Waals surface area (Å²) < 4.78 is 37.3. The van der Waals surface area contributed by atoms with Crippen molar-refractivity contribution in [3.8, 4) is 0 Å². The molecule has 5 heteroatoms. The number of hydrogen-bond donors (Lipinski definition) is 0. The normalized spacial score (nSPS) is 12.0. The fourth-order valence-corrected chi connectivity index (χ4v) is 0.708. The second kappa shape index (κ2) is 4.85. The predicted molar refractivity (Wildman–Crippen MR) is 36.8 cm³/mol. The Morgan fingerprint density at radius 3 is 2.40 bits per heavy atom. The van der Waals surface area contributed by atoms with Crippen molar-refractivity contribution in [2.24, 2.45) is 0 Å². The van der Waals surface area contributed by atoms with Crippen molar-refractivity contribution in [3.63, 3.8) is 0 Å². The Morgan fingerprint density at radius 2 is 2.00 bits per heavy atom. The molecule has 0 radical (unpaired) electrons. The lowest BCUT2D eigenvalue weighted by Crippen LogP contribution is -1.98. The van der Waals surface area contributed by atoms with Crippen LogP contribution in [0.25, 0.3) is 4.72 Å². The van der Waals surface area contributed by atoms with Crippen molar-refractivity contribution in [1.82, 2.24) is 0 Å². The van der Waals surface area contributed by atoms with E-state index in [1.165, 1.54) is 0 Å². The van der Waals surface area contributed by atoms with Gasteiger partial charge in [-0.3, -0.25) is 0 Å². The van der Waals surface area contributed by atoms with Crippen LogP contribution in [-0.4, -0.2) is 12.1 Å². The molecule has 62 valence electrons. The quantitative estimate of drug-likeness (QED) is 0.468. The number of alkyl halides is 3. The van der Waals surface area contributed by atoms with Gasteiger partial charge in [-0.05, 0) is 0 Å². The van der Waals surface area contributed by atoms with Gasteiger partial charge in [-0.2, -0.15) is 25.1 Å². The van der Waals surface area contributed by atoms with E-state index < -0.39 is 5.51 Å². The van der Waals surface area contributed by atoms with Crippen LogP contribution in [0.4, 0.5) is 13.2 Å². The summed E-state index contributed by atoms with van der Waals surface area (Å²) in [4.78, 5) is 0. The Labute approximate surface area is 62.5 Å². The summed E-state index contributed by atoms with van der Waals surface area (Å²) in [5.74, 6) is 0. The molecule has 0 atom stereocenters. The summed E-state index contributed by atoms with van der Waals surface area (Å²) in [6.07, 6.45) is 1.60. The summed E-state index contributed by atoms with van der Waals surface area (Å²) in [6, 6.07) is 0. The second-order valence-electron chi connectivity index (χ2n) is 1.74. The number of unbranched alkanes of at least 4 members (excludes halogenated alkanes) is 1. The van der Waals surface area contributed by atoms with E-state index in [1.54, 1.807) is 0 Å². The maximum atomic E-state index is 11.4. The highest BCUT2D eigenvalue weighted by Crippen LogP contribution is 2.34. The first-order chi connectivity index (χ1) is 4.56. The first-order valence-corrected chi connectivity index (χ1v) is 3.75. The van der Waals surface area contributed by atoms with Gasteiger partial charge in [-0.1, -0.05) is 19.8 Å². The fourth-order valence-electron chi connectivity index (χ4n) is 0.341. The van der Waals surface area contributed by atoms with Gasteiger partial charge >= 0.3 is 5.51 Å². The van der Waals surface area contributed by atoms with Gasteiger partial charge in [0.05, 0.1) is 0 Å². The lowest BCUT2D eigenvalue weighted by molar-refractivity contribution is -0.0322. The molecule has 0 N–H and O–H groups in total. The minimum atomic E-state index is -4.20. The lowest BCUT2D eigenvalue weighted by atomic mass is 10.3. The van der Waals surface area contributed by atoms with Gasteiger partial charge in [0.1, 0.15) is 0 Å². The standard InChI is InChI=1S/C5H9F3NS/c1-2-3-4-9-10-5(6,7)8/h2-4H2,1H3/q-1. The SMILES string of the molecule is CCCC[N-]SC(F)(F)F. The molecular formula is C5H9F3NS-. The average molecular weight is 172 g/mol. The minimum Gasteiger partial charge on any atom is -0.599 e. The summed E-state index contributed by atoms with van der Waals surface area (Å²) in [6.45, 7) is 2.20. The van der Waals surface area contributed by atoms with Crippen molar-refractivity contribution in [1.29, 1.82) is 0 Å². The highest BCUT2D eigenvalue weighted by Gasteiger charge is 2.21. The van der Waals surface area contributed by atoms with Gasteiger partial charge < -0.3 is 4.72 Å². The van der Waals surface area contributed by atoms with E-state index in [2.05, 4.69) is 4.72 Å². The molecule has 0 fully saturated rings. The molecule has 0 aliphatic carbocycles. The molecule has 0 saturated carbocycles. The Kier molecular flexibility index (Phi) is 4.89. The van der Waals surface area contributed by atoms with Gasteiger partial charge in [0.2, 0.25) is 0 Å². The zero-order valence-electron chi connectivity index (χ0n) is 5.61. The molecule has 0 aliphatic rings. The molecular weight excluding hydrogens is 163 g/mol. The highest BCUT2D eigenvalue weighted by molar-refractivity contribution is 8.02. The fraction of sp³-hybridized carbons (Fsp3) is 1.00. The first-order valence-electron chi connectivity index (χ1n) is 2.98. The Bertz CT molecular complexity index is 83.5. The number of nitrogens with zero attached hydrogens (tertiary/aromatic N) is 1. The van der Waals surface area contributed by atoms with E-state index in [-0.39, 0.29) is 11.9 Å². The van der Waals surface area contributed by atoms with Crippen LogP contribution in [0.3, 0.4) is 0 Å². The van der Waals surface area contributed by atoms with E-state index >= 15 is 0 Å². The van der Waals surface area contributed by atoms with Crippen molar-refractivity contribution in [2.75, 3.05) is 6.54 Å². The van der Waals surface area contributed by atoms with Crippen LogP contribution in [0.1, 0.15) is 19.8 Å². The highest BCUT2D eigenvalue weighted by atomic mass is 32.2. The van der Waals surface area contributed by atoms with Gasteiger partial charge in [0.25, 0.3) is 0 Å². The number of rotatable bonds is 4. The Morgan fingerprint density at radius 1 is 1.40 bits per heavy atom. The monoisotopic (exact) mass is 172 g/mol. The average Bonchev–Trinajstić information content (AvgIpc) is 1.78. The van der Waals surface area contributed by atoms with Gasteiger partial charge in [-0.25, -0.2) is 0 Å². The Hall–Kier alpha value is 0.100. The van der Waals surface area contributed by atoms with E-state index in [4.69, 9.17) is 0 Å². The summed E-state index contributed by atoms with van der Waals surface area (Å²) in [5.41, 5.74) is -4.20. The van der Waals surface area contributed by atoms with E-state index in [0.717, 1.165) is 12.8 Å². The lowest BCUT2D eigenvalue weighted by Gasteiger charge is -2.19. The van der Waals surface area contributed by atoms with Crippen molar-refractivity contribution >= 4 is 11.9 Å². The van der Waals surface area contributed by atoms with Crippen LogP contribution in [0.15, 0.2) is 0 Å². The summed E-state index contributed by atoms with van der Waals surface area (Å²) in [7, 11) is 0. The van der Waals surface area contributed by atoms with Crippen molar-refractivity contribution in [3.05, 3.63) is 4.72 Å². The largest absolute Gasteiger partial charge is 0.599 e. The van der Waals surface area contributed by atoms with Crippen LogP contribution in [0, 0.1) is 0 Å². The van der Waals surface area contributed by atoms with Gasteiger partial charge in [0, 0.05) is 0 Å². The van der Waals surface area contributed by atoms with Gasteiger partial charge in [0.15, 0.2) is 0 Å². The molecule has 0 bridgehead atoms. The maximum Gasteiger partial charge on any atom is 0.423 e. The molecule has 0 aromatic heterocycles. The predicted octanol–water partition coefficient (Wildman–Crippen LogP) is 3.33. The van der Waals surface area contributed by atoms with Crippen molar-refractivity contribution in [2.45, 2.75) is 25.3 Å². The van der Waals surface area contributed by atoms with Crippen LogP contribution in [0.5, 0.6) is 0 Å². The van der Waals surface area contributed by atoms with Crippen LogP contribution >= 0.6 is 11.9 Å². The molecule has 0 heterocycles. The molecule has 0 aromatic rings. The molecule has 10 heavy (non-hydrogen) atoms. The first kappa shape index (κ1) is 10.1. The zero-order chi connectivity index (χ0) is 8.04. The maximum absolute atomic E-state index is 11.4. The molecule has 0 aromatic carbocycles. The van der Waals surface area contributed by atoms with E-state index in [9.17, 15) is 13.2 Å². The third-order valence-corrected chi connectivity index (χ3v) is 1.29. The third kappa shape index (κ3) is 8.10. The van der Waals surface area contributed by atoms with E-state index in [1.807, 2.05) is 6.92 Å². The van der Waals surface area contributed by atoms with E-state index in [0.29, 0.717) is 6.54 Å². The smallest absolute Gasteiger partial charge is 0.423 e. The van der Waals surface area contributed by atoms with Crippen molar-refractivity contribution < 1.29 is 13.2 Å². The number of hydrogen-bond acceptors (Lipinski definition) is 1. The summed E-state index contributed by atoms with van der Waals surface area (Å²) in [5, 5.41) is 0. The van der Waals surface area contributed by atoms with Gasteiger partial charge in [-0.15, -0.1) is 6.54 Å². The minimum absolute atomic E-state index is 0.292. The molecule has 0 rings (SSSR count). The Balaban J connectivity index is 3.04. The third-order valence-electron chi connectivity index (χ3n) is 0.771.